The first-order chi connectivity index (χ1) is 8.36. The molecule has 3 heteroatoms. The zero-order valence-corrected chi connectivity index (χ0v) is 10.9. The van der Waals surface area contributed by atoms with Crippen molar-refractivity contribution in [3.05, 3.63) is 0 Å². The van der Waals surface area contributed by atoms with Crippen molar-refractivity contribution in [2.24, 2.45) is 0 Å². The van der Waals surface area contributed by atoms with Gasteiger partial charge in [-0.2, -0.15) is 0 Å². The number of likely N-dealkylation sites (tertiary alicyclic amines) is 1. The van der Waals surface area contributed by atoms with Crippen LogP contribution in [0.15, 0.2) is 0 Å². The number of amides is 2. The van der Waals surface area contributed by atoms with Gasteiger partial charge in [0.05, 0.1) is 0 Å². The molecule has 1 aliphatic carbocycles. The molecule has 0 spiro atoms. The highest BCUT2D eigenvalue weighted by Gasteiger charge is 2.19. The van der Waals surface area contributed by atoms with E-state index in [0.29, 0.717) is 6.04 Å². The molecule has 3 nitrogen and oxygen atoms in total. The van der Waals surface area contributed by atoms with Crippen LogP contribution >= 0.6 is 0 Å². The second kappa shape index (κ2) is 6.87. The van der Waals surface area contributed by atoms with Gasteiger partial charge in [0.1, 0.15) is 0 Å². The van der Waals surface area contributed by atoms with Crippen molar-refractivity contribution in [1.29, 1.82) is 0 Å². The van der Waals surface area contributed by atoms with E-state index in [4.69, 9.17) is 0 Å². The van der Waals surface area contributed by atoms with Gasteiger partial charge in [0.2, 0.25) is 0 Å². The molecule has 1 N–H and O–H groups in total. The molecule has 0 aromatic rings. The predicted molar refractivity (Wildman–Crippen MR) is 70.1 cm³/mol. The van der Waals surface area contributed by atoms with Crippen molar-refractivity contribution >= 4 is 6.03 Å². The molecule has 2 amide bonds. The lowest BCUT2D eigenvalue weighted by Gasteiger charge is -2.24. The van der Waals surface area contributed by atoms with Gasteiger partial charge in [-0.25, -0.2) is 4.79 Å². The Balaban J connectivity index is 1.77. The lowest BCUT2D eigenvalue weighted by molar-refractivity contribution is 0.194. The van der Waals surface area contributed by atoms with Crippen LogP contribution in [0.25, 0.3) is 0 Å². The van der Waals surface area contributed by atoms with Crippen molar-refractivity contribution < 1.29 is 4.79 Å². The number of nitrogens with zero attached hydrogens (tertiary/aromatic N) is 1. The lowest BCUT2D eigenvalue weighted by atomic mass is 10.1. The second-order valence-corrected chi connectivity index (χ2v) is 5.54. The number of hydrogen-bond acceptors (Lipinski definition) is 1. The van der Waals surface area contributed by atoms with E-state index in [1.807, 2.05) is 4.90 Å². The molecule has 0 atom stereocenters. The van der Waals surface area contributed by atoms with Gasteiger partial charge in [-0.3, -0.25) is 0 Å². The Bertz CT molecular complexity index is 226. The fourth-order valence-electron chi connectivity index (χ4n) is 2.96. The van der Waals surface area contributed by atoms with Crippen molar-refractivity contribution in [3.63, 3.8) is 0 Å². The lowest BCUT2D eigenvalue weighted by Crippen LogP contribution is -2.45. The van der Waals surface area contributed by atoms with Crippen LogP contribution in [0.3, 0.4) is 0 Å². The molecule has 0 aromatic heterocycles. The number of carbonyl (C=O) groups excluding carboxylic acids is 1. The molecule has 2 rings (SSSR count). The zero-order chi connectivity index (χ0) is 11.9. The third-order valence-corrected chi connectivity index (χ3v) is 4.08. The zero-order valence-electron chi connectivity index (χ0n) is 10.9. The summed E-state index contributed by atoms with van der Waals surface area (Å²) < 4.78 is 0. The molecular formula is C14H26N2O. The molecule has 0 bridgehead atoms. The summed E-state index contributed by atoms with van der Waals surface area (Å²) in [5.41, 5.74) is 0. The van der Waals surface area contributed by atoms with E-state index in [9.17, 15) is 4.79 Å². The number of rotatable bonds is 1. The molecule has 0 unspecified atom stereocenters. The summed E-state index contributed by atoms with van der Waals surface area (Å²) in [4.78, 5) is 14.2. The van der Waals surface area contributed by atoms with E-state index in [0.717, 1.165) is 13.1 Å². The minimum Gasteiger partial charge on any atom is -0.335 e. The van der Waals surface area contributed by atoms with Crippen LogP contribution in [0.5, 0.6) is 0 Å². The maximum atomic E-state index is 12.1. The summed E-state index contributed by atoms with van der Waals surface area (Å²) in [6.45, 7) is 1.91. The van der Waals surface area contributed by atoms with Crippen LogP contribution in [-0.2, 0) is 0 Å². The van der Waals surface area contributed by atoms with Gasteiger partial charge in [0, 0.05) is 19.1 Å². The Kier molecular flexibility index (Phi) is 5.14. The molecule has 17 heavy (non-hydrogen) atoms. The Morgan fingerprint density at radius 1 is 0.824 bits per heavy atom. The number of urea groups is 1. The smallest absolute Gasteiger partial charge is 0.317 e. The highest BCUT2D eigenvalue weighted by atomic mass is 16.2. The normalized spacial score (nSPS) is 23.9. The van der Waals surface area contributed by atoms with Gasteiger partial charge in [-0.1, -0.05) is 38.5 Å². The second-order valence-electron chi connectivity index (χ2n) is 5.54. The van der Waals surface area contributed by atoms with Crippen molar-refractivity contribution in [1.82, 2.24) is 10.2 Å². The maximum Gasteiger partial charge on any atom is 0.317 e. The third kappa shape index (κ3) is 4.21. The Morgan fingerprint density at radius 3 is 1.94 bits per heavy atom. The minimum atomic E-state index is 0.193. The molecule has 0 radical (unpaired) electrons. The van der Waals surface area contributed by atoms with Crippen LogP contribution in [-0.4, -0.2) is 30.1 Å². The predicted octanol–water partition coefficient (Wildman–Crippen LogP) is 3.29. The topological polar surface area (TPSA) is 32.3 Å². The van der Waals surface area contributed by atoms with Crippen LogP contribution < -0.4 is 5.32 Å². The highest BCUT2D eigenvalue weighted by molar-refractivity contribution is 5.74. The molecule has 1 saturated carbocycles. The maximum absolute atomic E-state index is 12.1. The quantitative estimate of drug-likeness (QED) is 0.698. The molecule has 2 aliphatic rings. The van der Waals surface area contributed by atoms with E-state index in [2.05, 4.69) is 5.32 Å². The van der Waals surface area contributed by atoms with E-state index >= 15 is 0 Å². The summed E-state index contributed by atoms with van der Waals surface area (Å²) in [6, 6.07) is 0.632. The van der Waals surface area contributed by atoms with Gasteiger partial charge < -0.3 is 10.2 Å². The molecular weight excluding hydrogens is 212 g/mol. The summed E-state index contributed by atoms with van der Waals surface area (Å²) in [5, 5.41) is 3.24. The fraction of sp³-hybridized carbons (Fsp3) is 0.929. The summed E-state index contributed by atoms with van der Waals surface area (Å²) in [6.07, 6.45) is 12.5. The summed E-state index contributed by atoms with van der Waals surface area (Å²) in [5.74, 6) is 0. The van der Waals surface area contributed by atoms with E-state index in [1.54, 1.807) is 0 Å². The standard InChI is InChI=1S/C14H26N2O/c17-14(16-11-7-3-4-8-12-16)15-13-9-5-1-2-6-10-13/h13H,1-12H2,(H,15,17). The number of nitrogens with one attached hydrogen (secondary N) is 1. The SMILES string of the molecule is O=C(NC1CCCCCC1)N1CCCCCC1. The van der Waals surface area contributed by atoms with Gasteiger partial charge in [0.25, 0.3) is 0 Å². The van der Waals surface area contributed by atoms with E-state index in [1.165, 1.54) is 64.2 Å². The Morgan fingerprint density at radius 2 is 1.35 bits per heavy atom. The summed E-state index contributed by atoms with van der Waals surface area (Å²) >= 11 is 0. The molecule has 1 heterocycles. The van der Waals surface area contributed by atoms with E-state index in [-0.39, 0.29) is 6.03 Å². The molecule has 2 fully saturated rings. The third-order valence-electron chi connectivity index (χ3n) is 4.08. The minimum absolute atomic E-state index is 0.193. The average Bonchev–Trinajstić information content (AvgIpc) is 2.72. The van der Waals surface area contributed by atoms with Crippen LogP contribution in [0.2, 0.25) is 0 Å². The first kappa shape index (κ1) is 12.7. The monoisotopic (exact) mass is 238 g/mol. The van der Waals surface area contributed by atoms with Crippen LogP contribution in [0.1, 0.15) is 64.2 Å². The number of hydrogen-bond donors (Lipinski definition) is 1. The summed E-state index contributed by atoms with van der Waals surface area (Å²) in [7, 11) is 0. The molecule has 0 aromatic carbocycles. The Labute approximate surface area is 105 Å². The largest absolute Gasteiger partial charge is 0.335 e. The van der Waals surface area contributed by atoms with Gasteiger partial charge in [-0.05, 0) is 25.7 Å². The fourth-order valence-corrected chi connectivity index (χ4v) is 2.96. The molecule has 1 aliphatic heterocycles. The van der Waals surface area contributed by atoms with Crippen LogP contribution in [0, 0.1) is 0 Å². The first-order valence-corrected chi connectivity index (χ1v) is 7.42. The van der Waals surface area contributed by atoms with Gasteiger partial charge in [-0.15, -0.1) is 0 Å². The van der Waals surface area contributed by atoms with Crippen molar-refractivity contribution in [2.45, 2.75) is 70.3 Å². The van der Waals surface area contributed by atoms with E-state index < -0.39 is 0 Å². The van der Waals surface area contributed by atoms with Crippen molar-refractivity contribution in [3.8, 4) is 0 Å². The molecule has 98 valence electrons. The van der Waals surface area contributed by atoms with Gasteiger partial charge >= 0.3 is 6.03 Å². The highest BCUT2D eigenvalue weighted by Crippen LogP contribution is 2.18. The Hall–Kier alpha value is -0.730. The number of carbonyl (C=O) groups is 1. The van der Waals surface area contributed by atoms with Gasteiger partial charge in [0.15, 0.2) is 0 Å². The average molecular weight is 238 g/mol. The van der Waals surface area contributed by atoms with Crippen molar-refractivity contribution in [2.75, 3.05) is 13.1 Å². The van der Waals surface area contributed by atoms with Crippen LogP contribution in [0.4, 0.5) is 4.79 Å². The molecule has 1 saturated heterocycles. The first-order valence-electron chi connectivity index (χ1n) is 7.42.